The van der Waals surface area contributed by atoms with Crippen molar-refractivity contribution in [3.05, 3.63) is 65.5 Å². The minimum absolute atomic E-state index is 0.0954. The molecule has 0 atom stereocenters. The Kier molecular flexibility index (Phi) is 4.48. The van der Waals surface area contributed by atoms with Crippen LogP contribution in [0.15, 0.2) is 54.4 Å². The zero-order valence-electron chi connectivity index (χ0n) is 14.1. The molecule has 1 amide bonds. The molecular formula is C20H21N3O2. The molecular weight excluding hydrogens is 314 g/mol. The van der Waals surface area contributed by atoms with Gasteiger partial charge in [-0.1, -0.05) is 18.2 Å². The van der Waals surface area contributed by atoms with Crippen molar-refractivity contribution in [1.82, 2.24) is 14.8 Å². The van der Waals surface area contributed by atoms with Gasteiger partial charge >= 0.3 is 0 Å². The monoisotopic (exact) mass is 335 g/mol. The second-order valence-electron chi connectivity index (χ2n) is 6.42. The zero-order valence-corrected chi connectivity index (χ0v) is 14.1. The molecule has 0 saturated carbocycles. The average molecular weight is 335 g/mol. The lowest BCUT2D eigenvalue weighted by atomic mass is 10.1. The lowest BCUT2D eigenvalue weighted by Crippen LogP contribution is -2.49. The van der Waals surface area contributed by atoms with Gasteiger partial charge in [0.25, 0.3) is 5.91 Å². The number of pyridine rings is 1. The van der Waals surface area contributed by atoms with Gasteiger partial charge in [0, 0.05) is 50.7 Å². The van der Waals surface area contributed by atoms with E-state index in [0.29, 0.717) is 6.61 Å². The van der Waals surface area contributed by atoms with Crippen LogP contribution in [0.2, 0.25) is 0 Å². The molecule has 0 bridgehead atoms. The van der Waals surface area contributed by atoms with E-state index in [4.69, 9.17) is 4.74 Å². The molecule has 0 aliphatic carbocycles. The first-order valence-corrected chi connectivity index (χ1v) is 8.62. The Morgan fingerprint density at radius 2 is 1.80 bits per heavy atom. The van der Waals surface area contributed by atoms with Crippen molar-refractivity contribution < 1.29 is 9.53 Å². The minimum Gasteiger partial charge on any atom is -0.488 e. The van der Waals surface area contributed by atoms with E-state index in [-0.39, 0.29) is 5.91 Å². The Balaban J connectivity index is 1.36. The molecule has 2 aromatic rings. The maximum Gasteiger partial charge on any atom is 0.253 e. The highest BCUT2D eigenvalue weighted by atomic mass is 16.5. The van der Waals surface area contributed by atoms with Crippen molar-refractivity contribution in [1.29, 1.82) is 0 Å². The van der Waals surface area contributed by atoms with Crippen LogP contribution in [-0.2, 0) is 11.3 Å². The number of hydrogen-bond donors (Lipinski definition) is 0. The summed E-state index contributed by atoms with van der Waals surface area (Å²) in [4.78, 5) is 21.1. The summed E-state index contributed by atoms with van der Waals surface area (Å²) in [5.74, 6) is 0.944. The van der Waals surface area contributed by atoms with Crippen LogP contribution < -0.4 is 4.74 Å². The molecule has 0 unspecified atom stereocenters. The van der Waals surface area contributed by atoms with Gasteiger partial charge in [0.05, 0.1) is 5.57 Å². The maximum absolute atomic E-state index is 12.8. The first kappa shape index (κ1) is 15.8. The molecule has 5 heteroatoms. The van der Waals surface area contributed by atoms with Crippen molar-refractivity contribution >= 4 is 12.0 Å². The first-order chi connectivity index (χ1) is 12.3. The van der Waals surface area contributed by atoms with Gasteiger partial charge in [0.15, 0.2) is 0 Å². The van der Waals surface area contributed by atoms with Crippen molar-refractivity contribution in [2.75, 3.05) is 32.8 Å². The number of hydrogen-bond acceptors (Lipinski definition) is 4. The molecule has 0 spiro atoms. The van der Waals surface area contributed by atoms with Crippen molar-refractivity contribution in [3.63, 3.8) is 0 Å². The summed E-state index contributed by atoms with van der Waals surface area (Å²) in [7, 11) is 0. The number of nitrogens with zero attached hydrogens (tertiary/aromatic N) is 3. The van der Waals surface area contributed by atoms with E-state index < -0.39 is 0 Å². The highest BCUT2D eigenvalue weighted by Gasteiger charge is 2.25. The lowest BCUT2D eigenvalue weighted by molar-refractivity contribution is -0.129. The summed E-state index contributed by atoms with van der Waals surface area (Å²) in [5.41, 5.74) is 2.98. The minimum atomic E-state index is 0.0954. The zero-order chi connectivity index (χ0) is 17.1. The number of carbonyl (C=O) groups is 1. The fourth-order valence-electron chi connectivity index (χ4n) is 3.30. The molecule has 1 aromatic heterocycles. The van der Waals surface area contributed by atoms with Crippen LogP contribution >= 0.6 is 0 Å². The van der Waals surface area contributed by atoms with Gasteiger partial charge in [-0.2, -0.15) is 0 Å². The van der Waals surface area contributed by atoms with E-state index in [9.17, 15) is 4.79 Å². The normalized spacial score (nSPS) is 17.4. The molecule has 0 radical (unpaired) electrons. The third-order valence-electron chi connectivity index (χ3n) is 4.72. The summed E-state index contributed by atoms with van der Waals surface area (Å²) < 4.78 is 5.72. The van der Waals surface area contributed by atoms with E-state index >= 15 is 0 Å². The predicted octanol–water partition coefficient (Wildman–Crippen LogP) is 2.20. The van der Waals surface area contributed by atoms with Gasteiger partial charge in [0.2, 0.25) is 0 Å². The fourth-order valence-corrected chi connectivity index (χ4v) is 3.30. The second-order valence-corrected chi connectivity index (χ2v) is 6.42. The van der Waals surface area contributed by atoms with Gasteiger partial charge < -0.3 is 9.64 Å². The number of para-hydroxylation sites is 1. The first-order valence-electron chi connectivity index (χ1n) is 8.62. The SMILES string of the molecule is O=C(C1=Cc2ccccc2OC1)N1CCN(Cc2ccncc2)CC1. The summed E-state index contributed by atoms with van der Waals surface area (Å²) in [6.07, 6.45) is 5.61. The van der Waals surface area contributed by atoms with Gasteiger partial charge in [0.1, 0.15) is 12.4 Å². The highest BCUT2D eigenvalue weighted by molar-refractivity contribution is 5.99. The quantitative estimate of drug-likeness (QED) is 0.863. The number of rotatable bonds is 3. The van der Waals surface area contributed by atoms with Crippen LogP contribution in [0, 0.1) is 0 Å². The number of amides is 1. The smallest absolute Gasteiger partial charge is 0.253 e. The van der Waals surface area contributed by atoms with Gasteiger partial charge in [-0.15, -0.1) is 0 Å². The van der Waals surface area contributed by atoms with Crippen LogP contribution in [0.5, 0.6) is 5.75 Å². The van der Waals surface area contributed by atoms with Crippen LogP contribution in [-0.4, -0.2) is 53.5 Å². The number of benzene rings is 1. The molecule has 2 aliphatic heterocycles. The third kappa shape index (κ3) is 3.56. The summed E-state index contributed by atoms with van der Waals surface area (Å²) in [6, 6.07) is 11.9. The molecule has 1 aromatic carbocycles. The Morgan fingerprint density at radius 1 is 1.04 bits per heavy atom. The second kappa shape index (κ2) is 7.07. The molecule has 3 heterocycles. The standard InChI is InChI=1S/C20H21N3O2/c24-20(18-13-17-3-1-2-4-19(17)25-15-18)23-11-9-22(10-12-23)14-16-5-7-21-8-6-16/h1-8,13H,9-12,14-15H2. The van der Waals surface area contributed by atoms with Gasteiger partial charge in [-0.3, -0.25) is 14.7 Å². The molecule has 1 fully saturated rings. The number of aromatic nitrogens is 1. The van der Waals surface area contributed by atoms with Crippen molar-refractivity contribution in [2.45, 2.75) is 6.54 Å². The molecule has 5 nitrogen and oxygen atoms in total. The predicted molar refractivity (Wildman–Crippen MR) is 96.0 cm³/mol. The van der Waals surface area contributed by atoms with Crippen LogP contribution in [0.3, 0.4) is 0 Å². The maximum atomic E-state index is 12.8. The Morgan fingerprint density at radius 3 is 2.60 bits per heavy atom. The van der Waals surface area contributed by atoms with E-state index in [1.165, 1.54) is 5.56 Å². The largest absolute Gasteiger partial charge is 0.488 e. The summed E-state index contributed by atoms with van der Waals surface area (Å²) >= 11 is 0. The average Bonchev–Trinajstić information content (AvgIpc) is 2.68. The Labute approximate surface area is 147 Å². The van der Waals surface area contributed by atoms with Crippen molar-refractivity contribution in [3.8, 4) is 5.75 Å². The molecule has 128 valence electrons. The lowest BCUT2D eigenvalue weighted by Gasteiger charge is -2.35. The van der Waals surface area contributed by atoms with E-state index in [1.54, 1.807) is 0 Å². The molecule has 4 rings (SSSR count). The van der Waals surface area contributed by atoms with Gasteiger partial charge in [-0.05, 0) is 29.8 Å². The summed E-state index contributed by atoms with van der Waals surface area (Å²) in [5, 5.41) is 0. The molecule has 25 heavy (non-hydrogen) atoms. The highest BCUT2D eigenvalue weighted by Crippen LogP contribution is 2.26. The number of carbonyl (C=O) groups excluding carboxylic acids is 1. The number of ether oxygens (including phenoxy) is 1. The van der Waals surface area contributed by atoms with Crippen LogP contribution in [0.25, 0.3) is 6.08 Å². The van der Waals surface area contributed by atoms with E-state index in [2.05, 4.69) is 9.88 Å². The van der Waals surface area contributed by atoms with Crippen LogP contribution in [0.1, 0.15) is 11.1 Å². The van der Waals surface area contributed by atoms with E-state index in [0.717, 1.165) is 49.6 Å². The topological polar surface area (TPSA) is 45.7 Å². The Hall–Kier alpha value is -2.66. The molecule has 2 aliphatic rings. The van der Waals surface area contributed by atoms with Crippen LogP contribution in [0.4, 0.5) is 0 Å². The molecule has 1 saturated heterocycles. The van der Waals surface area contributed by atoms with Gasteiger partial charge in [-0.25, -0.2) is 0 Å². The molecule has 0 N–H and O–H groups in total. The van der Waals surface area contributed by atoms with E-state index in [1.807, 2.05) is 59.8 Å². The fraction of sp³-hybridized carbons (Fsp3) is 0.300. The Bertz CT molecular complexity index is 781. The number of fused-ring (bicyclic) bond motifs is 1. The third-order valence-corrected chi connectivity index (χ3v) is 4.72. The number of piperazine rings is 1. The summed E-state index contributed by atoms with van der Waals surface area (Å²) in [6.45, 7) is 4.54. The van der Waals surface area contributed by atoms with Crippen molar-refractivity contribution in [2.24, 2.45) is 0 Å².